The van der Waals surface area contributed by atoms with Gasteiger partial charge < -0.3 is 16.0 Å². The molecule has 1 aromatic heterocycles. The van der Waals surface area contributed by atoms with E-state index in [-0.39, 0.29) is 5.91 Å². The molecule has 1 amide bonds. The molecule has 6 nitrogen and oxygen atoms in total. The van der Waals surface area contributed by atoms with E-state index in [0.717, 1.165) is 24.3 Å². The Bertz CT molecular complexity index is 633. The van der Waals surface area contributed by atoms with Crippen molar-refractivity contribution in [3.05, 3.63) is 41.7 Å². The summed E-state index contributed by atoms with van der Waals surface area (Å²) in [6.07, 6.45) is 2.74. The first-order chi connectivity index (χ1) is 9.97. The fourth-order valence-corrected chi connectivity index (χ4v) is 2.04. The number of hydrogen-bond acceptors (Lipinski definition) is 4. The van der Waals surface area contributed by atoms with Crippen molar-refractivity contribution < 1.29 is 4.79 Å². The third-order valence-electron chi connectivity index (χ3n) is 3.17. The largest absolute Gasteiger partial charge is 0.397 e. The van der Waals surface area contributed by atoms with Crippen LogP contribution >= 0.6 is 0 Å². The maximum Gasteiger partial charge on any atom is 0.253 e. The average molecular weight is 287 g/mol. The minimum atomic E-state index is -0.0539. The lowest BCUT2D eigenvalue weighted by atomic mass is 10.1. The summed E-state index contributed by atoms with van der Waals surface area (Å²) < 4.78 is 1.78. The summed E-state index contributed by atoms with van der Waals surface area (Å²) >= 11 is 0. The Kier molecular flexibility index (Phi) is 4.47. The van der Waals surface area contributed by atoms with Gasteiger partial charge in [-0.05, 0) is 24.3 Å². The molecule has 21 heavy (non-hydrogen) atoms. The molecule has 0 aliphatic heterocycles. The van der Waals surface area contributed by atoms with Crippen molar-refractivity contribution >= 4 is 17.3 Å². The Labute approximate surface area is 124 Å². The zero-order valence-corrected chi connectivity index (χ0v) is 12.6. The number of nitrogens with one attached hydrogen (secondary N) is 1. The van der Waals surface area contributed by atoms with Crippen LogP contribution in [0.2, 0.25) is 0 Å². The molecule has 1 aromatic carbocycles. The van der Waals surface area contributed by atoms with Crippen LogP contribution in [0.3, 0.4) is 0 Å². The predicted molar refractivity (Wildman–Crippen MR) is 84.3 cm³/mol. The molecule has 0 fully saturated rings. The molecule has 0 aliphatic rings. The molecule has 1 heterocycles. The number of hydrogen-bond donors (Lipinski definition) is 2. The van der Waals surface area contributed by atoms with Crippen LogP contribution in [0.15, 0.2) is 30.5 Å². The highest BCUT2D eigenvalue weighted by atomic mass is 16.2. The molecule has 0 aliphatic carbocycles. The van der Waals surface area contributed by atoms with Crippen molar-refractivity contribution in [2.45, 2.75) is 6.42 Å². The maximum atomic E-state index is 11.8. The van der Waals surface area contributed by atoms with Crippen molar-refractivity contribution in [1.29, 1.82) is 0 Å². The van der Waals surface area contributed by atoms with E-state index in [1.165, 1.54) is 4.90 Å². The lowest BCUT2D eigenvalue weighted by molar-refractivity contribution is 0.0827. The smallest absolute Gasteiger partial charge is 0.253 e. The summed E-state index contributed by atoms with van der Waals surface area (Å²) in [4.78, 5) is 13.4. The van der Waals surface area contributed by atoms with Gasteiger partial charge in [-0.25, -0.2) is 0 Å². The number of nitrogen functional groups attached to an aromatic ring is 1. The van der Waals surface area contributed by atoms with E-state index < -0.39 is 0 Å². The van der Waals surface area contributed by atoms with Crippen LogP contribution in [-0.2, 0) is 13.5 Å². The van der Waals surface area contributed by atoms with Crippen molar-refractivity contribution in [2.75, 3.05) is 31.7 Å². The van der Waals surface area contributed by atoms with E-state index >= 15 is 0 Å². The summed E-state index contributed by atoms with van der Waals surface area (Å²) in [7, 11) is 5.34. The zero-order chi connectivity index (χ0) is 15.4. The molecule has 0 saturated carbocycles. The maximum absolute atomic E-state index is 11.8. The monoisotopic (exact) mass is 287 g/mol. The highest BCUT2D eigenvalue weighted by Gasteiger charge is 2.09. The first kappa shape index (κ1) is 14.9. The van der Waals surface area contributed by atoms with Crippen LogP contribution in [0.4, 0.5) is 11.4 Å². The quantitative estimate of drug-likeness (QED) is 0.814. The number of nitrogens with two attached hydrogens (primary N) is 1. The van der Waals surface area contributed by atoms with Crippen molar-refractivity contribution in [2.24, 2.45) is 7.05 Å². The van der Waals surface area contributed by atoms with Crippen LogP contribution in [0.5, 0.6) is 0 Å². The van der Waals surface area contributed by atoms with Crippen LogP contribution in [-0.4, -0.2) is 41.2 Å². The Morgan fingerprint density at radius 1 is 1.38 bits per heavy atom. The molecule has 0 unspecified atom stereocenters. The third kappa shape index (κ3) is 3.75. The number of carbonyl (C=O) groups excluding carboxylic acids is 1. The summed E-state index contributed by atoms with van der Waals surface area (Å²) in [5.41, 5.74) is 9.02. The van der Waals surface area contributed by atoms with E-state index in [9.17, 15) is 4.79 Å². The van der Waals surface area contributed by atoms with Crippen molar-refractivity contribution in [1.82, 2.24) is 14.7 Å². The van der Waals surface area contributed by atoms with Gasteiger partial charge in [-0.2, -0.15) is 5.10 Å². The normalized spacial score (nSPS) is 10.4. The Hall–Kier alpha value is -2.50. The van der Waals surface area contributed by atoms with Crippen LogP contribution < -0.4 is 11.1 Å². The Morgan fingerprint density at radius 2 is 2.14 bits per heavy atom. The van der Waals surface area contributed by atoms with Gasteiger partial charge in [0.1, 0.15) is 0 Å². The molecule has 112 valence electrons. The Balaban J connectivity index is 1.96. The zero-order valence-electron chi connectivity index (χ0n) is 12.6. The minimum absolute atomic E-state index is 0.0539. The molecule has 2 rings (SSSR count). The third-order valence-corrected chi connectivity index (χ3v) is 3.17. The van der Waals surface area contributed by atoms with E-state index in [4.69, 9.17) is 5.73 Å². The van der Waals surface area contributed by atoms with Gasteiger partial charge in [0.25, 0.3) is 5.91 Å². The summed E-state index contributed by atoms with van der Waals surface area (Å²) in [6, 6.07) is 7.31. The van der Waals surface area contributed by atoms with Gasteiger partial charge in [-0.1, -0.05) is 0 Å². The number of nitrogens with zero attached hydrogens (tertiary/aromatic N) is 3. The topological polar surface area (TPSA) is 76.2 Å². The molecule has 0 radical (unpaired) electrons. The van der Waals surface area contributed by atoms with Gasteiger partial charge >= 0.3 is 0 Å². The predicted octanol–water partition coefficient (Wildman–Crippen LogP) is 1.36. The number of aryl methyl sites for hydroxylation is 1. The van der Waals surface area contributed by atoms with Crippen LogP contribution in [0.1, 0.15) is 16.1 Å². The number of aromatic nitrogens is 2. The van der Waals surface area contributed by atoms with Crippen LogP contribution in [0.25, 0.3) is 0 Å². The molecular weight excluding hydrogens is 266 g/mol. The second-order valence-electron chi connectivity index (χ2n) is 5.16. The van der Waals surface area contributed by atoms with E-state index in [0.29, 0.717) is 11.3 Å². The average Bonchev–Trinajstić information content (AvgIpc) is 2.85. The van der Waals surface area contributed by atoms with Gasteiger partial charge in [0, 0.05) is 45.9 Å². The molecule has 0 atom stereocenters. The Morgan fingerprint density at radius 3 is 2.71 bits per heavy atom. The number of amides is 1. The lowest BCUT2D eigenvalue weighted by Crippen LogP contribution is -2.21. The summed E-state index contributed by atoms with van der Waals surface area (Å²) in [5, 5.41) is 7.58. The van der Waals surface area contributed by atoms with Gasteiger partial charge in [0.15, 0.2) is 0 Å². The summed E-state index contributed by atoms with van der Waals surface area (Å²) in [5.74, 6) is -0.0539. The standard InChI is InChI=1S/C15H21N5O/c1-19(2)15(21)11-4-5-14(13(16)10-11)17-8-6-12-7-9-20(3)18-12/h4-5,7,9-10,17H,6,8,16H2,1-3H3. The number of carbonyl (C=O) groups is 1. The molecule has 2 aromatic rings. The number of rotatable bonds is 5. The first-order valence-electron chi connectivity index (χ1n) is 6.81. The van der Waals surface area contributed by atoms with Gasteiger partial charge in [-0.15, -0.1) is 0 Å². The summed E-state index contributed by atoms with van der Waals surface area (Å²) in [6.45, 7) is 0.738. The SMILES string of the molecule is CN(C)C(=O)c1ccc(NCCc2ccn(C)n2)c(N)c1. The molecule has 6 heteroatoms. The fraction of sp³-hybridized carbons (Fsp3) is 0.333. The lowest BCUT2D eigenvalue weighted by Gasteiger charge is -2.13. The molecule has 0 saturated heterocycles. The molecule has 0 spiro atoms. The van der Waals surface area contributed by atoms with Gasteiger partial charge in [0.05, 0.1) is 17.1 Å². The minimum Gasteiger partial charge on any atom is -0.397 e. The molecule has 3 N–H and O–H groups in total. The van der Waals surface area contributed by atoms with E-state index in [2.05, 4.69) is 10.4 Å². The first-order valence-corrected chi connectivity index (χ1v) is 6.81. The molecule has 0 bridgehead atoms. The van der Waals surface area contributed by atoms with E-state index in [1.807, 2.05) is 25.4 Å². The van der Waals surface area contributed by atoms with Crippen molar-refractivity contribution in [3.8, 4) is 0 Å². The van der Waals surface area contributed by atoms with E-state index in [1.54, 1.807) is 30.9 Å². The van der Waals surface area contributed by atoms with Gasteiger partial charge in [0.2, 0.25) is 0 Å². The highest BCUT2D eigenvalue weighted by molar-refractivity contribution is 5.95. The highest BCUT2D eigenvalue weighted by Crippen LogP contribution is 2.20. The van der Waals surface area contributed by atoms with Crippen LogP contribution in [0, 0.1) is 0 Å². The molecular formula is C15H21N5O. The van der Waals surface area contributed by atoms with Gasteiger partial charge in [-0.3, -0.25) is 9.48 Å². The number of anilines is 2. The van der Waals surface area contributed by atoms with Crippen molar-refractivity contribution in [3.63, 3.8) is 0 Å². The second-order valence-corrected chi connectivity index (χ2v) is 5.16. The second kappa shape index (κ2) is 6.30. The number of benzene rings is 1. The fourth-order valence-electron chi connectivity index (χ4n) is 2.04.